The van der Waals surface area contributed by atoms with Crippen molar-refractivity contribution >= 4 is 28.3 Å². The molecule has 0 atom stereocenters. The zero-order valence-electron chi connectivity index (χ0n) is 13.8. The molecule has 0 aliphatic heterocycles. The molecule has 3 N–H and O–H groups in total. The van der Waals surface area contributed by atoms with Crippen LogP contribution in [0.1, 0.15) is 15.9 Å². The molecule has 0 unspecified atom stereocenters. The number of ether oxygens (including phenoxy) is 1. The number of para-hydroxylation sites is 1. The molecule has 3 aromatic carbocycles. The number of primary amides is 1. The van der Waals surface area contributed by atoms with Crippen molar-refractivity contribution < 1.29 is 14.3 Å². The monoisotopic (exact) mass is 334 g/mol. The second-order valence-corrected chi connectivity index (χ2v) is 5.72. The lowest BCUT2D eigenvalue weighted by Gasteiger charge is -2.13. The minimum atomic E-state index is -0.599. The molecule has 3 rings (SSSR count). The van der Waals surface area contributed by atoms with Crippen molar-refractivity contribution in [2.45, 2.75) is 6.92 Å². The summed E-state index contributed by atoms with van der Waals surface area (Å²) in [6.45, 7) is 1.63. The minimum Gasteiger partial charge on any atom is -0.483 e. The summed E-state index contributed by atoms with van der Waals surface area (Å²) in [4.78, 5) is 23.8. The number of benzene rings is 3. The highest BCUT2D eigenvalue weighted by atomic mass is 16.5. The fraction of sp³-hybridized carbons (Fsp3) is 0.100. The van der Waals surface area contributed by atoms with Gasteiger partial charge in [-0.3, -0.25) is 9.59 Å². The van der Waals surface area contributed by atoms with E-state index in [-0.39, 0.29) is 12.5 Å². The van der Waals surface area contributed by atoms with Crippen LogP contribution in [0.5, 0.6) is 5.75 Å². The standard InChI is InChI=1S/C20H18N2O3/c1-13-6-2-5-9-17(13)22-20(24)16-10-14-7-3-4-8-15(14)11-18(16)25-12-19(21)23/h2-11H,12H2,1H3,(H2,21,23)(H,22,24). The van der Waals surface area contributed by atoms with Gasteiger partial charge in [0.05, 0.1) is 5.56 Å². The zero-order valence-corrected chi connectivity index (χ0v) is 13.8. The SMILES string of the molecule is Cc1ccccc1NC(=O)c1cc2ccccc2cc1OCC(N)=O. The van der Waals surface area contributed by atoms with Crippen molar-refractivity contribution in [3.63, 3.8) is 0 Å². The second kappa shape index (κ2) is 7.05. The summed E-state index contributed by atoms with van der Waals surface area (Å²) in [7, 11) is 0. The summed E-state index contributed by atoms with van der Waals surface area (Å²) in [5.41, 5.74) is 7.19. The maximum Gasteiger partial charge on any atom is 0.259 e. The molecule has 126 valence electrons. The van der Waals surface area contributed by atoms with Crippen molar-refractivity contribution in [1.82, 2.24) is 0 Å². The Balaban J connectivity index is 1.99. The van der Waals surface area contributed by atoms with Gasteiger partial charge in [-0.05, 0) is 41.5 Å². The molecular formula is C20H18N2O3. The van der Waals surface area contributed by atoms with Crippen molar-refractivity contribution in [2.24, 2.45) is 5.73 Å². The van der Waals surface area contributed by atoms with Crippen LogP contribution in [0.15, 0.2) is 60.7 Å². The third kappa shape index (κ3) is 3.77. The molecule has 0 aliphatic rings. The van der Waals surface area contributed by atoms with Crippen LogP contribution in [0.3, 0.4) is 0 Å². The summed E-state index contributed by atoms with van der Waals surface area (Å²) in [6, 6.07) is 18.6. The van der Waals surface area contributed by atoms with Gasteiger partial charge < -0.3 is 15.8 Å². The van der Waals surface area contributed by atoms with Crippen LogP contribution < -0.4 is 15.8 Å². The van der Waals surface area contributed by atoms with E-state index in [1.807, 2.05) is 55.5 Å². The maximum atomic E-state index is 12.8. The Hall–Kier alpha value is -3.34. The van der Waals surface area contributed by atoms with E-state index in [1.165, 1.54) is 0 Å². The van der Waals surface area contributed by atoms with Crippen LogP contribution in [0.4, 0.5) is 5.69 Å². The first-order chi connectivity index (χ1) is 12.0. The molecule has 0 bridgehead atoms. The lowest BCUT2D eigenvalue weighted by molar-refractivity contribution is -0.119. The molecule has 5 nitrogen and oxygen atoms in total. The van der Waals surface area contributed by atoms with Crippen molar-refractivity contribution in [1.29, 1.82) is 0 Å². The molecule has 0 radical (unpaired) electrons. The van der Waals surface area contributed by atoms with Gasteiger partial charge in [-0.15, -0.1) is 0 Å². The van der Waals surface area contributed by atoms with Crippen molar-refractivity contribution in [2.75, 3.05) is 11.9 Å². The van der Waals surface area contributed by atoms with E-state index < -0.39 is 5.91 Å². The highest BCUT2D eigenvalue weighted by molar-refractivity contribution is 6.09. The number of rotatable bonds is 5. The van der Waals surface area contributed by atoms with Crippen LogP contribution in [-0.4, -0.2) is 18.4 Å². The first kappa shape index (κ1) is 16.5. The predicted molar refractivity (Wildman–Crippen MR) is 97.8 cm³/mol. The van der Waals surface area contributed by atoms with Crippen molar-refractivity contribution in [3.05, 3.63) is 71.8 Å². The van der Waals surface area contributed by atoms with E-state index in [2.05, 4.69) is 5.32 Å². The summed E-state index contributed by atoms with van der Waals surface area (Å²) in [5, 5.41) is 4.70. The van der Waals surface area contributed by atoms with Crippen LogP contribution in [-0.2, 0) is 4.79 Å². The van der Waals surface area contributed by atoms with Gasteiger partial charge >= 0.3 is 0 Å². The number of carbonyl (C=O) groups excluding carboxylic acids is 2. The normalized spacial score (nSPS) is 10.4. The molecule has 0 aliphatic carbocycles. The Kier molecular flexibility index (Phi) is 4.66. The van der Waals surface area contributed by atoms with Crippen molar-refractivity contribution in [3.8, 4) is 5.75 Å². The van der Waals surface area contributed by atoms with Gasteiger partial charge in [-0.2, -0.15) is 0 Å². The molecular weight excluding hydrogens is 316 g/mol. The lowest BCUT2D eigenvalue weighted by Crippen LogP contribution is -2.21. The Labute approximate surface area is 145 Å². The third-order valence-electron chi connectivity index (χ3n) is 3.86. The highest BCUT2D eigenvalue weighted by Gasteiger charge is 2.16. The van der Waals surface area contributed by atoms with Gasteiger partial charge in [-0.25, -0.2) is 0 Å². The average molecular weight is 334 g/mol. The van der Waals surface area contributed by atoms with E-state index in [4.69, 9.17) is 10.5 Å². The van der Waals surface area contributed by atoms with Crippen LogP contribution in [0.2, 0.25) is 0 Å². The molecule has 5 heteroatoms. The fourth-order valence-corrected chi connectivity index (χ4v) is 2.57. The molecule has 25 heavy (non-hydrogen) atoms. The number of amides is 2. The Bertz CT molecular complexity index is 951. The smallest absolute Gasteiger partial charge is 0.259 e. The molecule has 0 saturated carbocycles. The Morgan fingerprint density at radius 3 is 2.32 bits per heavy atom. The van der Waals surface area contributed by atoms with Gasteiger partial charge in [-0.1, -0.05) is 42.5 Å². The number of anilines is 1. The quantitative estimate of drug-likeness (QED) is 0.751. The number of hydrogen-bond donors (Lipinski definition) is 2. The number of carbonyl (C=O) groups is 2. The van der Waals surface area contributed by atoms with E-state index in [1.54, 1.807) is 12.1 Å². The highest BCUT2D eigenvalue weighted by Crippen LogP contribution is 2.27. The lowest BCUT2D eigenvalue weighted by atomic mass is 10.0. The Morgan fingerprint density at radius 1 is 1.00 bits per heavy atom. The van der Waals surface area contributed by atoms with Gasteiger partial charge in [0.1, 0.15) is 5.75 Å². The minimum absolute atomic E-state index is 0.289. The molecule has 2 amide bonds. The summed E-state index contributed by atoms with van der Waals surface area (Å²) in [6.07, 6.45) is 0. The summed E-state index contributed by atoms with van der Waals surface area (Å²) < 4.78 is 5.46. The maximum absolute atomic E-state index is 12.8. The third-order valence-corrected chi connectivity index (χ3v) is 3.86. The van der Waals surface area contributed by atoms with E-state index in [0.29, 0.717) is 11.3 Å². The van der Waals surface area contributed by atoms with Gasteiger partial charge in [0.15, 0.2) is 6.61 Å². The summed E-state index contributed by atoms with van der Waals surface area (Å²) in [5.74, 6) is -0.582. The first-order valence-corrected chi connectivity index (χ1v) is 7.85. The number of aryl methyl sites for hydroxylation is 1. The molecule has 3 aromatic rings. The number of hydrogen-bond acceptors (Lipinski definition) is 3. The zero-order chi connectivity index (χ0) is 17.8. The Morgan fingerprint density at radius 2 is 1.64 bits per heavy atom. The molecule has 0 heterocycles. The van der Waals surface area contributed by atoms with E-state index in [0.717, 1.165) is 22.0 Å². The average Bonchev–Trinajstić information content (AvgIpc) is 2.61. The van der Waals surface area contributed by atoms with E-state index in [9.17, 15) is 9.59 Å². The molecule has 0 spiro atoms. The number of fused-ring (bicyclic) bond motifs is 1. The fourth-order valence-electron chi connectivity index (χ4n) is 2.57. The first-order valence-electron chi connectivity index (χ1n) is 7.85. The van der Waals surface area contributed by atoms with Gasteiger partial charge in [0.2, 0.25) is 0 Å². The summed E-state index contributed by atoms with van der Waals surface area (Å²) >= 11 is 0. The number of nitrogens with one attached hydrogen (secondary N) is 1. The number of nitrogens with two attached hydrogens (primary N) is 1. The second-order valence-electron chi connectivity index (χ2n) is 5.72. The molecule has 0 fully saturated rings. The van der Waals surface area contributed by atoms with Gasteiger partial charge in [0.25, 0.3) is 11.8 Å². The molecule has 0 aromatic heterocycles. The van der Waals surface area contributed by atoms with Crippen LogP contribution >= 0.6 is 0 Å². The van der Waals surface area contributed by atoms with Crippen LogP contribution in [0.25, 0.3) is 10.8 Å². The predicted octanol–water partition coefficient (Wildman–Crippen LogP) is 3.26. The largest absolute Gasteiger partial charge is 0.483 e. The van der Waals surface area contributed by atoms with E-state index >= 15 is 0 Å². The van der Waals surface area contributed by atoms with Crippen LogP contribution in [0, 0.1) is 6.92 Å². The van der Waals surface area contributed by atoms with Gasteiger partial charge in [0, 0.05) is 5.69 Å². The molecule has 0 saturated heterocycles. The topological polar surface area (TPSA) is 81.4 Å².